The summed E-state index contributed by atoms with van der Waals surface area (Å²) in [6.45, 7) is 7.04. The number of nitrogens with one attached hydrogen (secondary N) is 1. The molecule has 1 rings (SSSR count). The van der Waals surface area contributed by atoms with Crippen molar-refractivity contribution in [2.24, 2.45) is 5.92 Å². The third-order valence-corrected chi connectivity index (χ3v) is 3.85. The van der Waals surface area contributed by atoms with Crippen molar-refractivity contribution in [3.05, 3.63) is 0 Å². The minimum Gasteiger partial charge on any atom is -0.311 e. The lowest BCUT2D eigenvalue weighted by molar-refractivity contribution is 0.365. The third kappa shape index (κ3) is 5.01. The first-order chi connectivity index (χ1) is 7.24. The van der Waals surface area contributed by atoms with Crippen molar-refractivity contribution < 1.29 is 0 Å². The molecule has 1 aliphatic carbocycles. The molecule has 15 heavy (non-hydrogen) atoms. The van der Waals surface area contributed by atoms with Crippen LogP contribution in [0.2, 0.25) is 0 Å². The number of unbranched alkanes of at least 4 members (excludes halogenated alkanes) is 3. The molecular weight excluding hydrogens is 182 g/mol. The zero-order chi connectivity index (χ0) is 11.1. The van der Waals surface area contributed by atoms with Gasteiger partial charge in [-0.25, -0.2) is 0 Å². The lowest BCUT2D eigenvalue weighted by atomic mass is 10.0. The average molecular weight is 211 g/mol. The zero-order valence-corrected chi connectivity index (χ0v) is 10.9. The van der Waals surface area contributed by atoms with Gasteiger partial charge in [0.1, 0.15) is 0 Å². The van der Waals surface area contributed by atoms with Gasteiger partial charge in [-0.05, 0) is 32.1 Å². The molecule has 0 bridgehead atoms. The predicted octanol–water partition coefficient (Wildman–Crippen LogP) is 4.12. The lowest BCUT2D eigenvalue weighted by Gasteiger charge is -2.22. The van der Waals surface area contributed by atoms with Crippen LogP contribution in [0.4, 0.5) is 0 Å². The fourth-order valence-corrected chi connectivity index (χ4v) is 2.72. The van der Waals surface area contributed by atoms with Gasteiger partial charge < -0.3 is 5.32 Å². The molecule has 1 aliphatic rings. The maximum atomic E-state index is 3.81. The highest BCUT2D eigenvalue weighted by Gasteiger charge is 2.23. The molecular formula is C14H29N. The molecule has 0 aromatic rings. The molecule has 1 nitrogen and oxygen atoms in total. The molecule has 0 radical (unpaired) electrons. The van der Waals surface area contributed by atoms with Gasteiger partial charge in [-0.1, -0.05) is 46.0 Å². The van der Waals surface area contributed by atoms with Gasteiger partial charge in [0.25, 0.3) is 0 Å². The first-order valence-corrected chi connectivity index (χ1v) is 7.00. The quantitative estimate of drug-likeness (QED) is 0.625. The van der Waals surface area contributed by atoms with Gasteiger partial charge in [0.2, 0.25) is 0 Å². The summed E-state index contributed by atoms with van der Waals surface area (Å²) in [5.74, 6) is 0.906. The molecule has 1 saturated carbocycles. The van der Waals surface area contributed by atoms with Crippen LogP contribution in [0.15, 0.2) is 0 Å². The summed E-state index contributed by atoms with van der Waals surface area (Å²) in [5.41, 5.74) is 0. The highest BCUT2D eigenvalue weighted by molar-refractivity contribution is 4.82. The number of hydrogen-bond acceptors (Lipinski definition) is 1. The molecule has 0 aliphatic heterocycles. The molecule has 3 atom stereocenters. The van der Waals surface area contributed by atoms with Crippen LogP contribution in [0.3, 0.4) is 0 Å². The summed E-state index contributed by atoms with van der Waals surface area (Å²) >= 11 is 0. The van der Waals surface area contributed by atoms with Crippen LogP contribution in [-0.4, -0.2) is 12.1 Å². The second-order valence-electron chi connectivity index (χ2n) is 5.43. The van der Waals surface area contributed by atoms with Gasteiger partial charge >= 0.3 is 0 Å². The van der Waals surface area contributed by atoms with Gasteiger partial charge in [0, 0.05) is 12.1 Å². The largest absolute Gasteiger partial charge is 0.311 e. The van der Waals surface area contributed by atoms with Crippen LogP contribution in [0.5, 0.6) is 0 Å². The molecule has 1 N–H and O–H groups in total. The third-order valence-electron chi connectivity index (χ3n) is 3.85. The van der Waals surface area contributed by atoms with E-state index in [4.69, 9.17) is 0 Å². The SMILES string of the molecule is CCCCCCC(C)NC1CCCC1C. The van der Waals surface area contributed by atoms with E-state index >= 15 is 0 Å². The topological polar surface area (TPSA) is 12.0 Å². The van der Waals surface area contributed by atoms with E-state index in [1.54, 1.807) is 0 Å². The van der Waals surface area contributed by atoms with Crippen molar-refractivity contribution in [2.75, 3.05) is 0 Å². The smallest absolute Gasteiger partial charge is 0.00951 e. The Morgan fingerprint density at radius 2 is 2.00 bits per heavy atom. The Bertz CT molecular complexity index is 155. The highest BCUT2D eigenvalue weighted by Crippen LogP contribution is 2.25. The van der Waals surface area contributed by atoms with Crippen LogP contribution in [0, 0.1) is 5.92 Å². The van der Waals surface area contributed by atoms with Crippen LogP contribution in [0.25, 0.3) is 0 Å². The van der Waals surface area contributed by atoms with Crippen molar-refractivity contribution in [1.29, 1.82) is 0 Å². The van der Waals surface area contributed by atoms with E-state index in [-0.39, 0.29) is 0 Å². The summed E-state index contributed by atoms with van der Waals surface area (Å²) in [6, 6.07) is 1.54. The fraction of sp³-hybridized carbons (Fsp3) is 1.00. The Kier molecular flexibility index (Phi) is 6.31. The fourth-order valence-electron chi connectivity index (χ4n) is 2.72. The van der Waals surface area contributed by atoms with Crippen molar-refractivity contribution in [1.82, 2.24) is 5.32 Å². The van der Waals surface area contributed by atoms with E-state index in [2.05, 4.69) is 26.1 Å². The van der Waals surface area contributed by atoms with Crippen LogP contribution in [-0.2, 0) is 0 Å². The summed E-state index contributed by atoms with van der Waals surface area (Å²) in [4.78, 5) is 0. The van der Waals surface area contributed by atoms with Crippen molar-refractivity contribution in [3.8, 4) is 0 Å². The molecule has 0 spiro atoms. The predicted molar refractivity (Wildman–Crippen MR) is 68.2 cm³/mol. The van der Waals surface area contributed by atoms with Crippen molar-refractivity contribution >= 4 is 0 Å². The molecule has 3 unspecified atom stereocenters. The molecule has 0 heterocycles. The van der Waals surface area contributed by atoms with Crippen LogP contribution < -0.4 is 5.32 Å². The molecule has 0 amide bonds. The monoisotopic (exact) mass is 211 g/mol. The minimum absolute atomic E-state index is 0.729. The standard InChI is InChI=1S/C14H29N/c1-4-5-6-7-10-13(3)15-14-11-8-9-12(14)2/h12-15H,4-11H2,1-3H3. The number of rotatable bonds is 7. The van der Waals surface area contributed by atoms with Gasteiger partial charge in [0.05, 0.1) is 0 Å². The molecule has 0 aromatic carbocycles. The minimum atomic E-state index is 0.729. The molecule has 0 saturated heterocycles. The maximum absolute atomic E-state index is 3.81. The summed E-state index contributed by atoms with van der Waals surface area (Å²) in [6.07, 6.45) is 11.2. The van der Waals surface area contributed by atoms with E-state index in [0.29, 0.717) is 0 Å². The van der Waals surface area contributed by atoms with Gasteiger partial charge in [-0.2, -0.15) is 0 Å². The second-order valence-corrected chi connectivity index (χ2v) is 5.43. The van der Waals surface area contributed by atoms with E-state index < -0.39 is 0 Å². The second kappa shape index (κ2) is 7.27. The summed E-state index contributed by atoms with van der Waals surface area (Å²) in [5, 5.41) is 3.81. The Morgan fingerprint density at radius 3 is 2.60 bits per heavy atom. The van der Waals surface area contributed by atoms with Gasteiger partial charge in [-0.3, -0.25) is 0 Å². The molecule has 1 fully saturated rings. The van der Waals surface area contributed by atoms with Gasteiger partial charge in [0.15, 0.2) is 0 Å². The van der Waals surface area contributed by atoms with Gasteiger partial charge in [-0.15, -0.1) is 0 Å². The number of hydrogen-bond donors (Lipinski definition) is 1. The maximum Gasteiger partial charge on any atom is 0.00951 e. The normalized spacial score (nSPS) is 28.2. The summed E-state index contributed by atoms with van der Waals surface area (Å²) in [7, 11) is 0. The van der Waals surface area contributed by atoms with Crippen LogP contribution in [0.1, 0.15) is 72.1 Å². The molecule has 90 valence electrons. The molecule has 0 aromatic heterocycles. The van der Waals surface area contributed by atoms with E-state index in [1.807, 2.05) is 0 Å². The Labute approximate surface area is 96.0 Å². The summed E-state index contributed by atoms with van der Waals surface area (Å²) < 4.78 is 0. The Morgan fingerprint density at radius 1 is 1.20 bits per heavy atom. The van der Waals surface area contributed by atoms with Crippen LogP contribution >= 0.6 is 0 Å². The van der Waals surface area contributed by atoms with E-state index in [9.17, 15) is 0 Å². The van der Waals surface area contributed by atoms with Crippen molar-refractivity contribution in [3.63, 3.8) is 0 Å². The molecule has 1 heteroatoms. The highest BCUT2D eigenvalue weighted by atomic mass is 15.0. The first-order valence-electron chi connectivity index (χ1n) is 7.00. The zero-order valence-electron chi connectivity index (χ0n) is 10.9. The average Bonchev–Trinajstić information content (AvgIpc) is 2.59. The van der Waals surface area contributed by atoms with E-state index in [0.717, 1.165) is 18.0 Å². The lowest BCUT2D eigenvalue weighted by Crippen LogP contribution is -2.37. The Balaban J connectivity index is 2.04. The Hall–Kier alpha value is -0.0400. The first kappa shape index (κ1) is 13.0. The van der Waals surface area contributed by atoms with Crippen molar-refractivity contribution in [2.45, 2.75) is 84.2 Å². The van der Waals surface area contributed by atoms with E-state index in [1.165, 1.54) is 51.4 Å².